The third kappa shape index (κ3) is 3.76. The molecule has 0 aliphatic rings. The number of hydrogen-bond acceptors (Lipinski definition) is 2. The minimum atomic E-state index is 0.454. The molecular weight excluding hydrogens is 214 g/mol. The van der Waals surface area contributed by atoms with Gasteiger partial charge in [0.1, 0.15) is 0 Å². The van der Waals surface area contributed by atoms with Gasteiger partial charge in [0.2, 0.25) is 0 Å². The van der Waals surface area contributed by atoms with Crippen molar-refractivity contribution in [2.45, 2.75) is 46.6 Å². The normalized spacial score (nSPS) is 12.8. The third-order valence-electron chi connectivity index (χ3n) is 2.72. The van der Waals surface area contributed by atoms with Crippen LogP contribution in [0.3, 0.4) is 0 Å². The Hall–Kier alpha value is -0.600. The third-order valence-corrected chi connectivity index (χ3v) is 3.99. The van der Waals surface area contributed by atoms with Gasteiger partial charge in [0, 0.05) is 15.8 Å². The van der Waals surface area contributed by atoms with Gasteiger partial charge in [-0.15, -0.1) is 17.9 Å². The second-order valence-corrected chi connectivity index (χ2v) is 5.84. The minimum Gasteiger partial charge on any atom is -0.309 e. The fourth-order valence-electron chi connectivity index (χ4n) is 1.71. The molecule has 1 N–H and O–H groups in total. The van der Waals surface area contributed by atoms with Crippen LogP contribution in [0.15, 0.2) is 18.2 Å². The Labute approximate surface area is 104 Å². The smallest absolute Gasteiger partial charge is 0.0452 e. The van der Waals surface area contributed by atoms with Crippen LogP contribution in [0.5, 0.6) is 0 Å². The van der Waals surface area contributed by atoms with E-state index in [0.29, 0.717) is 6.04 Å². The van der Waals surface area contributed by atoms with Crippen molar-refractivity contribution >= 4 is 11.3 Å². The van der Waals surface area contributed by atoms with Crippen LogP contribution < -0.4 is 5.32 Å². The molecule has 0 aromatic carbocycles. The highest BCUT2D eigenvalue weighted by atomic mass is 32.1. The van der Waals surface area contributed by atoms with E-state index in [1.54, 1.807) is 0 Å². The molecule has 0 aliphatic carbocycles. The molecule has 2 heteroatoms. The Bertz CT molecular complexity index is 332. The highest BCUT2D eigenvalue weighted by molar-refractivity contribution is 7.12. The van der Waals surface area contributed by atoms with Crippen LogP contribution in [0.4, 0.5) is 0 Å². The van der Waals surface area contributed by atoms with Gasteiger partial charge in [-0.05, 0) is 51.8 Å². The minimum absolute atomic E-state index is 0.454. The summed E-state index contributed by atoms with van der Waals surface area (Å²) in [5, 5.41) is 3.61. The summed E-state index contributed by atoms with van der Waals surface area (Å²) < 4.78 is 0. The summed E-state index contributed by atoms with van der Waals surface area (Å²) in [6.07, 6.45) is 2.22. The van der Waals surface area contributed by atoms with Gasteiger partial charge in [-0.2, -0.15) is 0 Å². The van der Waals surface area contributed by atoms with Crippen LogP contribution in [-0.4, -0.2) is 6.54 Å². The highest BCUT2D eigenvalue weighted by Gasteiger charge is 2.13. The number of nitrogens with one attached hydrogen (secondary N) is 1. The molecule has 0 saturated heterocycles. The zero-order chi connectivity index (χ0) is 12.1. The summed E-state index contributed by atoms with van der Waals surface area (Å²) in [6.45, 7) is 13.8. The molecule has 1 heterocycles. The number of thiophene rings is 1. The summed E-state index contributed by atoms with van der Waals surface area (Å²) in [6, 6.07) is 2.77. The van der Waals surface area contributed by atoms with Crippen molar-refractivity contribution in [3.8, 4) is 0 Å². The lowest BCUT2D eigenvalue weighted by atomic mass is 10.1. The molecule has 1 unspecified atom stereocenters. The van der Waals surface area contributed by atoms with E-state index in [4.69, 9.17) is 0 Å². The largest absolute Gasteiger partial charge is 0.309 e. The molecule has 0 fully saturated rings. The Morgan fingerprint density at radius 1 is 1.50 bits per heavy atom. The lowest BCUT2D eigenvalue weighted by Gasteiger charge is -2.17. The average molecular weight is 237 g/mol. The van der Waals surface area contributed by atoms with E-state index in [1.165, 1.54) is 27.3 Å². The van der Waals surface area contributed by atoms with Gasteiger partial charge in [-0.3, -0.25) is 0 Å². The van der Waals surface area contributed by atoms with Crippen molar-refractivity contribution in [2.24, 2.45) is 0 Å². The van der Waals surface area contributed by atoms with Gasteiger partial charge < -0.3 is 5.32 Å². The summed E-state index contributed by atoms with van der Waals surface area (Å²) in [7, 11) is 0. The van der Waals surface area contributed by atoms with Gasteiger partial charge in [-0.25, -0.2) is 0 Å². The van der Waals surface area contributed by atoms with Crippen LogP contribution in [-0.2, 0) is 0 Å². The van der Waals surface area contributed by atoms with E-state index in [0.717, 1.165) is 13.0 Å². The maximum atomic E-state index is 4.02. The first-order valence-corrected chi connectivity index (χ1v) is 6.81. The van der Waals surface area contributed by atoms with Gasteiger partial charge in [0.05, 0.1) is 0 Å². The summed E-state index contributed by atoms with van der Waals surface area (Å²) in [5.74, 6) is 0. The Morgan fingerprint density at radius 2 is 2.19 bits per heavy atom. The Kier molecular flexibility index (Phi) is 5.23. The summed E-state index contributed by atoms with van der Waals surface area (Å²) >= 11 is 1.91. The Balaban J connectivity index is 2.78. The molecule has 0 amide bonds. The SMILES string of the molecule is C=C(C)CC(NCCC)c1cc(C)c(C)s1. The predicted molar refractivity (Wildman–Crippen MR) is 74.3 cm³/mol. The molecule has 1 aromatic rings. The zero-order valence-electron chi connectivity index (χ0n) is 10.9. The zero-order valence-corrected chi connectivity index (χ0v) is 11.7. The van der Waals surface area contributed by atoms with E-state index in [1.807, 2.05) is 11.3 Å². The van der Waals surface area contributed by atoms with E-state index in [2.05, 4.69) is 45.7 Å². The van der Waals surface area contributed by atoms with Crippen LogP contribution >= 0.6 is 11.3 Å². The molecule has 90 valence electrons. The van der Waals surface area contributed by atoms with Crippen molar-refractivity contribution in [3.63, 3.8) is 0 Å². The lowest BCUT2D eigenvalue weighted by Crippen LogP contribution is -2.21. The van der Waals surface area contributed by atoms with Gasteiger partial charge in [0.25, 0.3) is 0 Å². The van der Waals surface area contributed by atoms with Crippen LogP contribution in [0.1, 0.15) is 48.0 Å². The van der Waals surface area contributed by atoms with E-state index < -0.39 is 0 Å². The van der Waals surface area contributed by atoms with Crippen LogP contribution in [0.2, 0.25) is 0 Å². The lowest BCUT2D eigenvalue weighted by molar-refractivity contribution is 0.535. The molecule has 0 radical (unpaired) electrons. The summed E-state index contributed by atoms with van der Waals surface area (Å²) in [5.41, 5.74) is 2.65. The standard InChI is InChI=1S/C14H23NS/c1-6-7-15-13(8-10(2)3)14-9-11(4)12(5)16-14/h9,13,15H,2,6-8H2,1,3-5H3. The number of hydrogen-bond donors (Lipinski definition) is 1. The Morgan fingerprint density at radius 3 is 2.62 bits per heavy atom. The van der Waals surface area contributed by atoms with Crippen molar-refractivity contribution in [1.29, 1.82) is 0 Å². The fourth-order valence-corrected chi connectivity index (χ4v) is 2.83. The van der Waals surface area contributed by atoms with E-state index in [-0.39, 0.29) is 0 Å². The number of rotatable bonds is 6. The van der Waals surface area contributed by atoms with Crippen molar-refractivity contribution in [1.82, 2.24) is 5.32 Å². The average Bonchev–Trinajstić information content (AvgIpc) is 2.53. The molecule has 1 rings (SSSR count). The maximum Gasteiger partial charge on any atom is 0.0452 e. The topological polar surface area (TPSA) is 12.0 Å². The monoisotopic (exact) mass is 237 g/mol. The molecule has 1 atom stereocenters. The first kappa shape index (κ1) is 13.5. The van der Waals surface area contributed by atoms with Crippen LogP contribution in [0, 0.1) is 13.8 Å². The quantitative estimate of drug-likeness (QED) is 0.724. The van der Waals surface area contributed by atoms with Gasteiger partial charge >= 0.3 is 0 Å². The second kappa shape index (κ2) is 6.21. The van der Waals surface area contributed by atoms with E-state index >= 15 is 0 Å². The molecule has 0 saturated carbocycles. The molecule has 0 aliphatic heterocycles. The summed E-state index contributed by atoms with van der Waals surface area (Å²) in [4.78, 5) is 2.88. The molecule has 16 heavy (non-hydrogen) atoms. The van der Waals surface area contributed by atoms with E-state index in [9.17, 15) is 0 Å². The van der Waals surface area contributed by atoms with Gasteiger partial charge in [0.15, 0.2) is 0 Å². The number of aryl methyl sites for hydroxylation is 2. The van der Waals surface area contributed by atoms with Crippen molar-refractivity contribution in [3.05, 3.63) is 33.5 Å². The highest BCUT2D eigenvalue weighted by Crippen LogP contribution is 2.29. The van der Waals surface area contributed by atoms with Crippen molar-refractivity contribution < 1.29 is 0 Å². The molecule has 0 bridgehead atoms. The van der Waals surface area contributed by atoms with Crippen LogP contribution in [0.25, 0.3) is 0 Å². The first-order valence-electron chi connectivity index (χ1n) is 5.99. The molecular formula is C14H23NS. The second-order valence-electron chi connectivity index (χ2n) is 4.56. The molecule has 1 nitrogen and oxygen atoms in total. The molecule has 1 aromatic heterocycles. The molecule has 0 spiro atoms. The van der Waals surface area contributed by atoms with Gasteiger partial charge in [-0.1, -0.05) is 12.5 Å². The predicted octanol–water partition coefficient (Wildman–Crippen LogP) is 4.37. The van der Waals surface area contributed by atoms with Crippen molar-refractivity contribution in [2.75, 3.05) is 6.54 Å². The maximum absolute atomic E-state index is 4.02. The fraction of sp³-hybridized carbons (Fsp3) is 0.571. The first-order chi connectivity index (χ1) is 7.54.